The number of unbranched alkanes of at least 4 members (excludes halogenated alkanes) is 1. The number of nitrogens with zero attached hydrogens (tertiary/aromatic N) is 2. The number of hydrogen-bond donors (Lipinski definition) is 1. The molecule has 48 heavy (non-hydrogen) atoms. The van der Waals surface area contributed by atoms with Gasteiger partial charge in [0.2, 0.25) is 11.8 Å². The van der Waals surface area contributed by atoms with E-state index in [1.54, 1.807) is 49.4 Å². The molecule has 4 aromatic rings. The SMILES string of the molecule is CCCCNC(=O)C(Cc1ccccc1)N(Cc1ccc(Cl)cc1Cl)C(=O)CN(c1ccccc1OCC)S(=O)(=O)c1ccc(Cl)cc1. The second-order valence-electron chi connectivity index (χ2n) is 11.0. The van der Waals surface area contributed by atoms with Gasteiger partial charge in [0.1, 0.15) is 18.3 Å². The van der Waals surface area contributed by atoms with Gasteiger partial charge in [0, 0.05) is 34.6 Å². The first-order valence-electron chi connectivity index (χ1n) is 15.6. The molecule has 1 atom stereocenters. The number of amides is 2. The zero-order chi connectivity index (χ0) is 34.7. The minimum Gasteiger partial charge on any atom is -0.492 e. The summed E-state index contributed by atoms with van der Waals surface area (Å²) < 4.78 is 35.5. The summed E-state index contributed by atoms with van der Waals surface area (Å²) in [6, 6.07) is 25.5. The summed E-state index contributed by atoms with van der Waals surface area (Å²) in [7, 11) is -4.35. The molecule has 0 heterocycles. The van der Waals surface area contributed by atoms with Crippen LogP contribution in [0.25, 0.3) is 0 Å². The number of sulfonamides is 1. The van der Waals surface area contributed by atoms with Gasteiger partial charge < -0.3 is 15.0 Å². The van der Waals surface area contributed by atoms with Crippen molar-refractivity contribution in [2.24, 2.45) is 0 Å². The lowest BCUT2D eigenvalue weighted by Crippen LogP contribution is -2.53. The van der Waals surface area contributed by atoms with Gasteiger partial charge in [-0.15, -0.1) is 0 Å². The summed E-state index contributed by atoms with van der Waals surface area (Å²) in [5.41, 5.74) is 1.52. The Morgan fingerprint density at radius 2 is 1.52 bits per heavy atom. The minimum absolute atomic E-state index is 0.0727. The molecule has 0 aromatic heterocycles. The molecular weight excluding hydrogens is 693 g/mol. The maximum absolute atomic E-state index is 14.7. The number of halogens is 3. The Hall–Kier alpha value is -3.76. The van der Waals surface area contributed by atoms with Crippen LogP contribution in [0, 0.1) is 0 Å². The molecule has 0 aliphatic heterocycles. The Morgan fingerprint density at radius 1 is 0.854 bits per heavy atom. The normalized spacial score (nSPS) is 11.9. The van der Waals surface area contributed by atoms with Gasteiger partial charge in [0.15, 0.2) is 0 Å². The number of benzene rings is 4. The second kappa shape index (κ2) is 17.6. The zero-order valence-corrected chi connectivity index (χ0v) is 29.8. The molecule has 8 nitrogen and oxygen atoms in total. The van der Waals surface area contributed by atoms with Crippen molar-refractivity contribution in [2.75, 3.05) is 24.0 Å². The third-order valence-corrected chi connectivity index (χ3v) is 10.2. The number of hydrogen-bond acceptors (Lipinski definition) is 5. The average Bonchev–Trinajstić information content (AvgIpc) is 3.07. The van der Waals surface area contributed by atoms with Crippen LogP contribution in [0.1, 0.15) is 37.8 Å². The van der Waals surface area contributed by atoms with Crippen molar-refractivity contribution in [3.8, 4) is 5.75 Å². The van der Waals surface area contributed by atoms with Crippen molar-refractivity contribution in [1.29, 1.82) is 0 Å². The molecule has 12 heteroatoms. The molecule has 0 aliphatic rings. The van der Waals surface area contributed by atoms with Gasteiger partial charge in [0.05, 0.1) is 17.2 Å². The third kappa shape index (κ3) is 9.66. The largest absolute Gasteiger partial charge is 0.492 e. The first-order chi connectivity index (χ1) is 23.0. The van der Waals surface area contributed by atoms with Crippen molar-refractivity contribution < 1.29 is 22.7 Å². The van der Waals surface area contributed by atoms with Crippen LogP contribution in [-0.4, -0.2) is 50.9 Å². The number of ether oxygens (including phenoxy) is 1. The van der Waals surface area contributed by atoms with Crippen molar-refractivity contribution in [2.45, 2.75) is 50.6 Å². The summed E-state index contributed by atoms with van der Waals surface area (Å²) in [6.07, 6.45) is 1.79. The van der Waals surface area contributed by atoms with E-state index in [1.165, 1.54) is 29.2 Å². The van der Waals surface area contributed by atoms with E-state index < -0.39 is 28.5 Å². The maximum Gasteiger partial charge on any atom is 0.264 e. The zero-order valence-electron chi connectivity index (χ0n) is 26.7. The van der Waals surface area contributed by atoms with Crippen LogP contribution >= 0.6 is 34.8 Å². The molecule has 4 rings (SSSR count). The summed E-state index contributed by atoms with van der Waals surface area (Å²) in [5.74, 6) is -0.722. The van der Waals surface area contributed by atoms with E-state index in [4.69, 9.17) is 39.5 Å². The molecule has 0 fully saturated rings. The van der Waals surface area contributed by atoms with Gasteiger partial charge in [-0.2, -0.15) is 0 Å². The van der Waals surface area contributed by atoms with Crippen LogP contribution in [0.15, 0.2) is 102 Å². The first kappa shape index (κ1) is 37.1. The van der Waals surface area contributed by atoms with E-state index in [9.17, 15) is 18.0 Å². The van der Waals surface area contributed by atoms with E-state index >= 15 is 0 Å². The highest BCUT2D eigenvalue weighted by atomic mass is 35.5. The predicted octanol–water partition coefficient (Wildman–Crippen LogP) is 7.80. The van der Waals surface area contributed by atoms with Crippen LogP contribution in [0.2, 0.25) is 15.1 Å². The topological polar surface area (TPSA) is 96.0 Å². The molecule has 1 unspecified atom stereocenters. The number of nitrogens with one attached hydrogen (secondary N) is 1. The monoisotopic (exact) mass is 729 g/mol. The first-order valence-corrected chi connectivity index (χ1v) is 18.2. The lowest BCUT2D eigenvalue weighted by atomic mass is 10.0. The Kier molecular flexibility index (Phi) is 13.6. The highest BCUT2D eigenvalue weighted by Crippen LogP contribution is 2.33. The molecule has 1 N–H and O–H groups in total. The van der Waals surface area contributed by atoms with Gasteiger partial charge in [-0.3, -0.25) is 13.9 Å². The lowest BCUT2D eigenvalue weighted by molar-refractivity contribution is -0.140. The van der Waals surface area contributed by atoms with E-state index in [-0.39, 0.29) is 41.8 Å². The Labute approximate surface area is 297 Å². The Balaban J connectivity index is 1.84. The van der Waals surface area contributed by atoms with Gasteiger partial charge in [0.25, 0.3) is 10.0 Å². The lowest BCUT2D eigenvalue weighted by Gasteiger charge is -2.34. The number of anilines is 1. The van der Waals surface area contributed by atoms with E-state index in [1.807, 2.05) is 37.3 Å². The standard InChI is InChI=1S/C36H38Cl3N3O5S/c1-3-5-21-40-36(44)33(22-26-11-7-6-8-12-26)41(24-27-15-16-29(38)23-31(27)39)35(43)25-42(32-13-9-10-14-34(32)47-4-2)48(45,46)30-19-17-28(37)18-20-30/h6-20,23,33H,3-5,21-22,24-25H2,1-2H3,(H,40,44). The quantitative estimate of drug-likeness (QED) is 0.119. The molecule has 0 saturated carbocycles. The fourth-order valence-electron chi connectivity index (χ4n) is 5.08. The summed E-state index contributed by atoms with van der Waals surface area (Å²) in [6.45, 7) is 3.75. The van der Waals surface area contributed by atoms with Crippen LogP contribution in [0.5, 0.6) is 5.75 Å². The molecule has 0 saturated heterocycles. The minimum atomic E-state index is -4.35. The number of carbonyl (C=O) groups excluding carboxylic acids is 2. The maximum atomic E-state index is 14.7. The smallest absolute Gasteiger partial charge is 0.264 e. The van der Waals surface area contributed by atoms with Crippen molar-refractivity contribution >= 4 is 62.3 Å². The van der Waals surface area contributed by atoms with E-state index in [0.717, 1.165) is 22.7 Å². The van der Waals surface area contributed by atoms with Crippen molar-refractivity contribution in [3.05, 3.63) is 123 Å². The second-order valence-corrected chi connectivity index (χ2v) is 14.1. The van der Waals surface area contributed by atoms with Gasteiger partial charge in [-0.1, -0.05) is 96.7 Å². The molecule has 0 aliphatic carbocycles. The number of carbonyl (C=O) groups is 2. The van der Waals surface area contributed by atoms with Crippen LogP contribution in [0.3, 0.4) is 0 Å². The molecule has 4 aromatic carbocycles. The highest BCUT2D eigenvalue weighted by molar-refractivity contribution is 7.92. The van der Waals surface area contributed by atoms with Gasteiger partial charge in [-0.25, -0.2) is 8.42 Å². The van der Waals surface area contributed by atoms with Gasteiger partial charge in [-0.05, 0) is 73.0 Å². The third-order valence-electron chi connectivity index (χ3n) is 7.57. The summed E-state index contributed by atoms with van der Waals surface area (Å²) in [5, 5.41) is 4.04. The van der Waals surface area contributed by atoms with Crippen molar-refractivity contribution in [3.63, 3.8) is 0 Å². The van der Waals surface area contributed by atoms with Crippen LogP contribution in [-0.2, 0) is 32.6 Å². The van der Waals surface area contributed by atoms with Crippen molar-refractivity contribution in [1.82, 2.24) is 10.2 Å². The summed E-state index contributed by atoms with van der Waals surface area (Å²) in [4.78, 5) is 29.9. The highest BCUT2D eigenvalue weighted by Gasteiger charge is 2.35. The van der Waals surface area contributed by atoms with Gasteiger partial charge >= 0.3 is 0 Å². The molecule has 0 spiro atoms. The van der Waals surface area contributed by atoms with Crippen LogP contribution < -0.4 is 14.4 Å². The van der Waals surface area contributed by atoms with E-state index in [2.05, 4.69) is 5.32 Å². The molecular formula is C36H38Cl3N3O5S. The fourth-order valence-corrected chi connectivity index (χ4v) is 7.10. The molecule has 0 radical (unpaired) electrons. The molecule has 2 amide bonds. The Morgan fingerprint density at radius 3 is 2.19 bits per heavy atom. The Bertz CT molecular complexity index is 1790. The number of para-hydroxylation sites is 2. The average molecular weight is 731 g/mol. The van der Waals surface area contributed by atoms with E-state index in [0.29, 0.717) is 27.2 Å². The number of rotatable bonds is 16. The fraction of sp³-hybridized carbons (Fsp3) is 0.278. The molecule has 254 valence electrons. The molecule has 0 bridgehead atoms. The predicted molar refractivity (Wildman–Crippen MR) is 192 cm³/mol. The summed E-state index contributed by atoms with van der Waals surface area (Å²) >= 11 is 18.9. The van der Waals surface area contributed by atoms with Crippen LogP contribution in [0.4, 0.5) is 5.69 Å².